The summed E-state index contributed by atoms with van der Waals surface area (Å²) in [5.74, 6) is 0. The van der Waals surface area contributed by atoms with Crippen LogP contribution in [-0.4, -0.2) is 54.7 Å². The van der Waals surface area contributed by atoms with Gasteiger partial charge < -0.3 is 24.5 Å². The highest BCUT2D eigenvalue weighted by Gasteiger charge is 2.33. The summed E-state index contributed by atoms with van der Waals surface area (Å²) in [5, 5.41) is 18.7. The van der Waals surface area contributed by atoms with Crippen LogP contribution in [0.1, 0.15) is 6.42 Å². The number of rotatable bonds is 3. The summed E-state index contributed by atoms with van der Waals surface area (Å²) in [6.07, 6.45) is 1.84. The Hall–Kier alpha value is -1.77. The normalized spacial score (nSPS) is 27.2. The summed E-state index contributed by atoms with van der Waals surface area (Å²) in [5.41, 5.74) is 0.471. The number of aromatic nitrogens is 4. The Morgan fingerprint density at radius 2 is 2.37 bits per heavy atom. The minimum atomic E-state index is -0.666. The average Bonchev–Trinajstić information content (AvgIpc) is 2.95. The predicted octanol–water partition coefficient (Wildman–Crippen LogP) is -1.37. The first kappa shape index (κ1) is 12.3. The molecule has 2 aromatic rings. The highest BCUT2D eigenvalue weighted by atomic mass is 16.5. The smallest absolute Gasteiger partial charge is 0.278 e. The zero-order valence-electron chi connectivity index (χ0n) is 10.1. The summed E-state index contributed by atoms with van der Waals surface area (Å²) in [6, 6.07) is 0. The SMILES string of the molecule is O=c1[nH]cnc2c1ncn2C[C@H]1C[C@H](O)[C@@H](CO)O1. The van der Waals surface area contributed by atoms with E-state index in [2.05, 4.69) is 15.0 Å². The molecule has 8 heteroatoms. The second kappa shape index (κ2) is 4.72. The Bertz CT molecular complexity index is 637. The average molecular weight is 266 g/mol. The first-order chi connectivity index (χ1) is 9.19. The fourth-order valence-electron chi connectivity index (χ4n) is 2.34. The minimum absolute atomic E-state index is 0.208. The van der Waals surface area contributed by atoms with Gasteiger partial charge in [-0.2, -0.15) is 0 Å². The molecule has 2 aromatic heterocycles. The molecule has 0 radical (unpaired) electrons. The van der Waals surface area contributed by atoms with Crippen LogP contribution >= 0.6 is 0 Å². The third-order valence-electron chi connectivity index (χ3n) is 3.29. The maximum absolute atomic E-state index is 11.5. The van der Waals surface area contributed by atoms with E-state index in [1.54, 1.807) is 4.57 Å². The number of nitrogens with one attached hydrogen (secondary N) is 1. The van der Waals surface area contributed by atoms with Crippen molar-refractivity contribution in [2.75, 3.05) is 6.61 Å². The number of imidazole rings is 1. The number of H-pyrrole nitrogens is 1. The maximum atomic E-state index is 11.5. The van der Waals surface area contributed by atoms with Crippen molar-refractivity contribution in [1.29, 1.82) is 0 Å². The Kier molecular flexibility index (Phi) is 3.05. The van der Waals surface area contributed by atoms with Crippen molar-refractivity contribution in [3.05, 3.63) is 23.0 Å². The van der Waals surface area contributed by atoms with Gasteiger partial charge in [0.2, 0.25) is 0 Å². The third kappa shape index (κ3) is 2.14. The van der Waals surface area contributed by atoms with Gasteiger partial charge in [0, 0.05) is 6.42 Å². The molecular weight excluding hydrogens is 252 g/mol. The van der Waals surface area contributed by atoms with E-state index in [0.717, 1.165) is 0 Å². The molecule has 3 rings (SSSR count). The van der Waals surface area contributed by atoms with Gasteiger partial charge in [-0.3, -0.25) is 4.79 Å². The van der Waals surface area contributed by atoms with E-state index in [0.29, 0.717) is 18.6 Å². The molecule has 0 aliphatic carbocycles. The molecule has 1 saturated heterocycles. The number of ether oxygens (including phenoxy) is 1. The summed E-state index contributed by atoms with van der Waals surface area (Å²) in [6.45, 7) is 0.223. The van der Waals surface area contributed by atoms with Gasteiger partial charge in [0.05, 0.1) is 38.0 Å². The van der Waals surface area contributed by atoms with Crippen LogP contribution in [-0.2, 0) is 11.3 Å². The van der Waals surface area contributed by atoms with Crippen LogP contribution in [0.2, 0.25) is 0 Å². The number of hydrogen-bond donors (Lipinski definition) is 3. The van der Waals surface area contributed by atoms with Gasteiger partial charge in [-0.15, -0.1) is 0 Å². The number of aliphatic hydroxyl groups is 2. The lowest BCUT2D eigenvalue weighted by Crippen LogP contribution is -2.24. The monoisotopic (exact) mass is 266 g/mol. The van der Waals surface area contributed by atoms with Gasteiger partial charge in [-0.1, -0.05) is 0 Å². The van der Waals surface area contributed by atoms with Crippen molar-refractivity contribution in [1.82, 2.24) is 19.5 Å². The lowest BCUT2D eigenvalue weighted by atomic mass is 10.1. The molecular formula is C11H14N4O4. The number of hydrogen-bond acceptors (Lipinski definition) is 6. The second-order valence-corrected chi connectivity index (χ2v) is 4.58. The number of aromatic amines is 1. The van der Waals surface area contributed by atoms with Crippen LogP contribution in [0.25, 0.3) is 11.2 Å². The highest BCUT2D eigenvalue weighted by Crippen LogP contribution is 2.22. The van der Waals surface area contributed by atoms with Gasteiger partial charge in [-0.25, -0.2) is 9.97 Å². The Morgan fingerprint density at radius 3 is 3.11 bits per heavy atom. The maximum Gasteiger partial charge on any atom is 0.278 e. The molecule has 102 valence electrons. The van der Waals surface area contributed by atoms with E-state index in [1.165, 1.54) is 12.7 Å². The molecule has 3 atom stereocenters. The first-order valence-electron chi connectivity index (χ1n) is 6.02. The van der Waals surface area contributed by atoms with E-state index in [4.69, 9.17) is 9.84 Å². The van der Waals surface area contributed by atoms with Crippen molar-refractivity contribution in [2.45, 2.75) is 31.3 Å². The molecule has 0 unspecified atom stereocenters. The third-order valence-corrected chi connectivity index (χ3v) is 3.29. The molecule has 0 bridgehead atoms. The first-order valence-corrected chi connectivity index (χ1v) is 6.02. The molecule has 0 amide bonds. The van der Waals surface area contributed by atoms with E-state index in [9.17, 15) is 9.90 Å². The Labute approximate surface area is 107 Å². The van der Waals surface area contributed by atoms with Crippen molar-refractivity contribution < 1.29 is 14.9 Å². The van der Waals surface area contributed by atoms with Crippen molar-refractivity contribution in [3.63, 3.8) is 0 Å². The zero-order chi connectivity index (χ0) is 13.4. The summed E-state index contributed by atoms with van der Waals surface area (Å²) >= 11 is 0. The van der Waals surface area contributed by atoms with Gasteiger partial charge >= 0.3 is 0 Å². The molecule has 3 N–H and O–H groups in total. The topological polar surface area (TPSA) is 113 Å². The molecule has 1 aliphatic rings. The highest BCUT2D eigenvalue weighted by molar-refractivity contribution is 5.68. The van der Waals surface area contributed by atoms with Crippen LogP contribution in [0.4, 0.5) is 0 Å². The lowest BCUT2D eigenvalue weighted by Gasteiger charge is -2.12. The van der Waals surface area contributed by atoms with Gasteiger partial charge in [-0.05, 0) is 0 Å². The van der Waals surface area contributed by atoms with Crippen LogP contribution in [0, 0.1) is 0 Å². The van der Waals surface area contributed by atoms with Crippen LogP contribution < -0.4 is 5.56 Å². The minimum Gasteiger partial charge on any atom is -0.394 e. The van der Waals surface area contributed by atoms with Crippen molar-refractivity contribution in [3.8, 4) is 0 Å². The predicted molar refractivity (Wildman–Crippen MR) is 64.5 cm³/mol. The summed E-state index contributed by atoms with van der Waals surface area (Å²) < 4.78 is 7.22. The van der Waals surface area contributed by atoms with Crippen LogP contribution in [0.3, 0.4) is 0 Å². The molecule has 1 fully saturated rings. The van der Waals surface area contributed by atoms with Gasteiger partial charge in [0.25, 0.3) is 5.56 Å². The largest absolute Gasteiger partial charge is 0.394 e. The van der Waals surface area contributed by atoms with Crippen LogP contribution in [0.15, 0.2) is 17.4 Å². The molecule has 0 saturated carbocycles. The quantitative estimate of drug-likeness (QED) is 0.631. The van der Waals surface area contributed by atoms with Gasteiger partial charge in [0.15, 0.2) is 11.2 Å². The summed E-state index contributed by atoms with van der Waals surface area (Å²) in [7, 11) is 0. The molecule has 0 aromatic carbocycles. The van der Waals surface area contributed by atoms with Gasteiger partial charge in [0.1, 0.15) is 6.10 Å². The van der Waals surface area contributed by atoms with Crippen molar-refractivity contribution >= 4 is 11.2 Å². The lowest BCUT2D eigenvalue weighted by molar-refractivity contribution is -0.0255. The number of nitrogens with zero attached hydrogens (tertiary/aromatic N) is 3. The standard InChI is InChI=1S/C11H14N4O4/c16-3-8-7(17)1-6(19-8)2-15-5-14-9-10(15)12-4-13-11(9)18/h4-8,16-17H,1-3H2,(H,12,13,18)/t6-,7+,8-/m1/s1. The van der Waals surface area contributed by atoms with E-state index in [-0.39, 0.29) is 23.8 Å². The molecule has 3 heterocycles. The van der Waals surface area contributed by atoms with E-state index >= 15 is 0 Å². The Balaban J connectivity index is 1.83. The number of fused-ring (bicyclic) bond motifs is 1. The second-order valence-electron chi connectivity index (χ2n) is 4.58. The number of aliphatic hydroxyl groups excluding tert-OH is 2. The molecule has 8 nitrogen and oxygen atoms in total. The fourth-order valence-corrected chi connectivity index (χ4v) is 2.34. The summed E-state index contributed by atoms with van der Waals surface area (Å²) in [4.78, 5) is 22.0. The fraction of sp³-hybridized carbons (Fsp3) is 0.545. The molecule has 1 aliphatic heterocycles. The zero-order valence-corrected chi connectivity index (χ0v) is 10.1. The van der Waals surface area contributed by atoms with E-state index in [1.807, 2.05) is 0 Å². The van der Waals surface area contributed by atoms with E-state index < -0.39 is 12.2 Å². The van der Waals surface area contributed by atoms with Crippen LogP contribution in [0.5, 0.6) is 0 Å². The molecule has 0 spiro atoms. The molecule has 19 heavy (non-hydrogen) atoms. The van der Waals surface area contributed by atoms with Crippen molar-refractivity contribution in [2.24, 2.45) is 0 Å². The Morgan fingerprint density at radius 1 is 1.53 bits per heavy atom.